The van der Waals surface area contributed by atoms with E-state index >= 15 is 0 Å². The standard InChI is InChI=1S/C14H24N2O2S/c1-10(2)7-13(14(17)15-3)16-8-11-5-6-12(18-11)9-19-4/h5-6,10,13,16H,7-9H2,1-4H3,(H,15,17). The topological polar surface area (TPSA) is 54.3 Å². The van der Waals surface area contributed by atoms with Gasteiger partial charge in [0.1, 0.15) is 11.5 Å². The first kappa shape index (κ1) is 16.1. The SMILES string of the molecule is CNC(=O)C(CC(C)C)NCc1ccc(CSC)o1. The molecule has 1 aromatic heterocycles. The number of amides is 1. The summed E-state index contributed by atoms with van der Waals surface area (Å²) in [5.41, 5.74) is 0. The average molecular weight is 284 g/mol. The molecule has 0 bridgehead atoms. The van der Waals surface area contributed by atoms with Crippen molar-refractivity contribution in [1.82, 2.24) is 10.6 Å². The van der Waals surface area contributed by atoms with Gasteiger partial charge in [0, 0.05) is 7.05 Å². The molecule has 108 valence electrons. The fraction of sp³-hybridized carbons (Fsp3) is 0.643. The fourth-order valence-electron chi connectivity index (χ4n) is 1.89. The van der Waals surface area contributed by atoms with Crippen LogP contribution in [0.15, 0.2) is 16.5 Å². The largest absolute Gasteiger partial charge is 0.464 e. The van der Waals surface area contributed by atoms with Crippen LogP contribution in [-0.2, 0) is 17.1 Å². The van der Waals surface area contributed by atoms with Gasteiger partial charge in [0.15, 0.2) is 0 Å². The lowest BCUT2D eigenvalue weighted by molar-refractivity contribution is -0.123. The lowest BCUT2D eigenvalue weighted by Crippen LogP contribution is -2.43. The summed E-state index contributed by atoms with van der Waals surface area (Å²) in [6.45, 7) is 4.81. The third-order valence-electron chi connectivity index (χ3n) is 2.80. The van der Waals surface area contributed by atoms with Crippen LogP contribution >= 0.6 is 11.8 Å². The molecule has 2 N–H and O–H groups in total. The maximum Gasteiger partial charge on any atom is 0.236 e. The lowest BCUT2D eigenvalue weighted by Gasteiger charge is -2.18. The van der Waals surface area contributed by atoms with Gasteiger partial charge in [0.25, 0.3) is 0 Å². The zero-order valence-corrected chi connectivity index (χ0v) is 13.0. The second-order valence-electron chi connectivity index (χ2n) is 4.98. The van der Waals surface area contributed by atoms with Crippen LogP contribution in [0.1, 0.15) is 31.8 Å². The van der Waals surface area contributed by atoms with Crippen molar-refractivity contribution < 1.29 is 9.21 Å². The smallest absolute Gasteiger partial charge is 0.236 e. The van der Waals surface area contributed by atoms with Crippen molar-refractivity contribution in [2.45, 2.75) is 38.6 Å². The maximum absolute atomic E-state index is 11.8. The highest BCUT2D eigenvalue weighted by Gasteiger charge is 2.18. The molecule has 1 heterocycles. The molecule has 0 saturated heterocycles. The van der Waals surface area contributed by atoms with Gasteiger partial charge in [0.2, 0.25) is 5.91 Å². The number of hydrogen-bond donors (Lipinski definition) is 2. The van der Waals surface area contributed by atoms with Gasteiger partial charge in [-0.05, 0) is 30.7 Å². The average Bonchev–Trinajstić information content (AvgIpc) is 2.81. The van der Waals surface area contributed by atoms with Crippen molar-refractivity contribution in [3.8, 4) is 0 Å². The Kier molecular flexibility index (Phi) is 7.02. The van der Waals surface area contributed by atoms with Gasteiger partial charge in [-0.1, -0.05) is 13.8 Å². The van der Waals surface area contributed by atoms with Crippen LogP contribution in [0.3, 0.4) is 0 Å². The Morgan fingerprint density at radius 3 is 2.63 bits per heavy atom. The molecule has 0 aliphatic carbocycles. The summed E-state index contributed by atoms with van der Waals surface area (Å²) in [4.78, 5) is 11.8. The molecule has 0 aromatic carbocycles. The van der Waals surface area contributed by atoms with Crippen LogP contribution in [0, 0.1) is 5.92 Å². The molecule has 1 atom stereocenters. The van der Waals surface area contributed by atoms with Crippen LogP contribution in [0.5, 0.6) is 0 Å². The van der Waals surface area contributed by atoms with Crippen LogP contribution < -0.4 is 10.6 Å². The number of rotatable bonds is 8. The molecule has 0 aliphatic rings. The van der Waals surface area contributed by atoms with Gasteiger partial charge in [-0.3, -0.25) is 10.1 Å². The van der Waals surface area contributed by atoms with Crippen molar-refractivity contribution in [1.29, 1.82) is 0 Å². The van der Waals surface area contributed by atoms with Crippen molar-refractivity contribution in [2.75, 3.05) is 13.3 Å². The van der Waals surface area contributed by atoms with E-state index in [0.717, 1.165) is 23.7 Å². The highest BCUT2D eigenvalue weighted by Crippen LogP contribution is 2.14. The minimum absolute atomic E-state index is 0.0320. The molecule has 0 aliphatic heterocycles. The third kappa shape index (κ3) is 5.70. The molecule has 0 spiro atoms. The van der Waals surface area contributed by atoms with Crippen LogP contribution in [0.4, 0.5) is 0 Å². The van der Waals surface area contributed by atoms with Crippen molar-refractivity contribution >= 4 is 17.7 Å². The van der Waals surface area contributed by atoms with Gasteiger partial charge in [-0.15, -0.1) is 0 Å². The maximum atomic E-state index is 11.8. The Morgan fingerprint density at radius 1 is 1.37 bits per heavy atom. The van der Waals surface area contributed by atoms with Crippen molar-refractivity contribution in [3.63, 3.8) is 0 Å². The number of carbonyl (C=O) groups is 1. The monoisotopic (exact) mass is 284 g/mol. The predicted octanol–water partition coefficient (Wildman–Crippen LogP) is 2.39. The zero-order valence-electron chi connectivity index (χ0n) is 12.2. The molecule has 1 unspecified atom stereocenters. The van der Waals surface area contributed by atoms with E-state index in [9.17, 15) is 4.79 Å². The van der Waals surface area contributed by atoms with E-state index in [2.05, 4.69) is 24.5 Å². The second-order valence-corrected chi connectivity index (χ2v) is 5.84. The molecular formula is C14H24N2O2S. The van der Waals surface area contributed by atoms with Crippen LogP contribution in [-0.4, -0.2) is 25.3 Å². The number of thioether (sulfide) groups is 1. The lowest BCUT2D eigenvalue weighted by atomic mass is 10.0. The van der Waals surface area contributed by atoms with E-state index in [0.29, 0.717) is 12.5 Å². The van der Waals surface area contributed by atoms with Gasteiger partial charge in [-0.25, -0.2) is 0 Å². The Morgan fingerprint density at radius 2 is 2.05 bits per heavy atom. The molecule has 0 fully saturated rings. The molecule has 0 radical (unpaired) electrons. The first-order valence-electron chi connectivity index (χ1n) is 6.58. The van der Waals surface area contributed by atoms with E-state index < -0.39 is 0 Å². The highest BCUT2D eigenvalue weighted by molar-refractivity contribution is 7.97. The van der Waals surface area contributed by atoms with Crippen LogP contribution in [0.25, 0.3) is 0 Å². The molecule has 19 heavy (non-hydrogen) atoms. The third-order valence-corrected chi connectivity index (χ3v) is 3.37. The summed E-state index contributed by atoms with van der Waals surface area (Å²) >= 11 is 1.73. The number of nitrogens with one attached hydrogen (secondary N) is 2. The van der Waals surface area contributed by atoms with E-state index in [1.165, 1.54) is 0 Å². The predicted molar refractivity (Wildman–Crippen MR) is 80.1 cm³/mol. The molecule has 5 heteroatoms. The fourth-order valence-corrected chi connectivity index (χ4v) is 2.33. The van der Waals surface area contributed by atoms with Gasteiger partial charge in [0.05, 0.1) is 18.3 Å². The number of likely N-dealkylation sites (N-methyl/N-ethyl adjacent to an activating group) is 1. The van der Waals surface area contributed by atoms with Crippen molar-refractivity contribution in [2.24, 2.45) is 5.92 Å². The Balaban J connectivity index is 2.52. The molecule has 4 nitrogen and oxygen atoms in total. The number of carbonyl (C=O) groups excluding carboxylic acids is 1. The Hall–Kier alpha value is -0.940. The summed E-state index contributed by atoms with van der Waals surface area (Å²) in [5, 5.41) is 5.96. The number of furan rings is 1. The minimum Gasteiger partial charge on any atom is -0.464 e. The summed E-state index contributed by atoms with van der Waals surface area (Å²) in [5.74, 6) is 3.24. The first-order valence-corrected chi connectivity index (χ1v) is 7.97. The summed E-state index contributed by atoms with van der Waals surface area (Å²) in [6.07, 6.45) is 2.86. The second kappa shape index (κ2) is 8.27. The number of hydrogen-bond acceptors (Lipinski definition) is 4. The summed E-state index contributed by atoms with van der Waals surface area (Å²) in [7, 11) is 1.67. The molecular weight excluding hydrogens is 260 g/mol. The quantitative estimate of drug-likeness (QED) is 0.769. The van der Waals surface area contributed by atoms with E-state index in [1.807, 2.05) is 18.4 Å². The molecule has 1 aromatic rings. The summed E-state index contributed by atoms with van der Waals surface area (Å²) in [6, 6.07) is 3.79. The van der Waals surface area contributed by atoms with Gasteiger partial charge in [-0.2, -0.15) is 11.8 Å². The van der Waals surface area contributed by atoms with Gasteiger partial charge >= 0.3 is 0 Å². The Labute approximate surface area is 119 Å². The summed E-state index contributed by atoms with van der Waals surface area (Å²) < 4.78 is 5.68. The molecule has 1 amide bonds. The Bertz CT molecular complexity index is 391. The normalized spacial score (nSPS) is 12.7. The van der Waals surface area contributed by atoms with Gasteiger partial charge < -0.3 is 9.73 Å². The van der Waals surface area contributed by atoms with E-state index in [4.69, 9.17) is 4.42 Å². The molecule has 1 rings (SSSR count). The van der Waals surface area contributed by atoms with Crippen LogP contribution in [0.2, 0.25) is 0 Å². The minimum atomic E-state index is -0.167. The van der Waals surface area contributed by atoms with Crippen molar-refractivity contribution in [3.05, 3.63) is 23.7 Å². The molecule has 0 saturated carbocycles. The van der Waals surface area contributed by atoms with E-state index in [1.54, 1.807) is 18.8 Å². The zero-order chi connectivity index (χ0) is 14.3. The first-order chi connectivity index (χ1) is 9.06. The van der Waals surface area contributed by atoms with E-state index in [-0.39, 0.29) is 11.9 Å². The highest BCUT2D eigenvalue weighted by atomic mass is 32.2.